The maximum atomic E-state index is 4.52. The number of nitrogens with zero attached hydrogens (tertiary/aromatic N) is 3. The summed E-state index contributed by atoms with van der Waals surface area (Å²) in [4.78, 5) is 0. The van der Waals surface area contributed by atoms with E-state index in [-0.39, 0.29) is 0 Å². The highest BCUT2D eigenvalue weighted by molar-refractivity contribution is 7.19. The second-order valence-electron chi connectivity index (χ2n) is 4.57. The molecule has 0 aliphatic heterocycles. The van der Waals surface area contributed by atoms with E-state index in [1.165, 1.54) is 10.2 Å². The Bertz CT molecular complexity index is 747. The van der Waals surface area contributed by atoms with Crippen molar-refractivity contribution >= 4 is 33.5 Å². The summed E-state index contributed by atoms with van der Waals surface area (Å²) in [5.74, 6) is 0. The highest BCUT2D eigenvalue weighted by Crippen LogP contribution is 2.18. The maximum absolute atomic E-state index is 4.52. The van der Waals surface area contributed by atoms with E-state index >= 15 is 0 Å². The quantitative estimate of drug-likeness (QED) is 0.410. The van der Waals surface area contributed by atoms with Gasteiger partial charge in [0.15, 0.2) is 0 Å². The first-order valence-electron chi connectivity index (χ1n) is 6.46. The van der Waals surface area contributed by atoms with Gasteiger partial charge < -0.3 is 0 Å². The van der Waals surface area contributed by atoms with Gasteiger partial charge >= 0.3 is 0 Å². The highest BCUT2D eigenvalue weighted by Gasteiger charge is 2.14. The van der Waals surface area contributed by atoms with Gasteiger partial charge in [-0.25, -0.2) is 0 Å². The highest BCUT2D eigenvalue weighted by atomic mass is 32.1. The van der Waals surface area contributed by atoms with Crippen LogP contribution in [0.15, 0.2) is 59.7 Å². The Morgan fingerprint density at radius 3 is 2.50 bits per heavy atom. The zero-order chi connectivity index (χ0) is 13.9. The number of aryl methyl sites for hydroxylation is 1. The number of fused-ring (bicyclic) bond motifs is 1. The summed E-state index contributed by atoms with van der Waals surface area (Å²) in [6, 6.07) is 18.5. The smallest absolute Gasteiger partial charge is 0.268 e. The summed E-state index contributed by atoms with van der Waals surface area (Å²) in [5, 5.41) is 7.53. The summed E-state index contributed by atoms with van der Waals surface area (Å²) in [7, 11) is 4.03. The topological polar surface area (TPSA) is 19.5 Å². The number of rotatable bonds is 3. The fourth-order valence-corrected chi connectivity index (χ4v) is 3.10. The number of aromatic nitrogens is 1. The Kier molecular flexibility index (Phi) is 3.48. The van der Waals surface area contributed by atoms with Crippen molar-refractivity contribution < 1.29 is 4.57 Å². The molecule has 1 aromatic heterocycles. The molecule has 20 heavy (non-hydrogen) atoms. The third-order valence-corrected chi connectivity index (χ3v) is 4.40. The van der Waals surface area contributed by atoms with Crippen LogP contribution in [0.1, 0.15) is 5.01 Å². The van der Waals surface area contributed by atoms with Crippen molar-refractivity contribution in [1.82, 2.24) is 0 Å². The molecule has 0 aliphatic rings. The van der Waals surface area contributed by atoms with Crippen molar-refractivity contribution in [2.24, 2.45) is 12.1 Å². The Balaban J connectivity index is 1.89. The zero-order valence-corrected chi connectivity index (χ0v) is 12.3. The van der Waals surface area contributed by atoms with Gasteiger partial charge in [-0.15, -0.1) is 0 Å². The number of para-hydroxylation sites is 2. The Labute approximate surface area is 122 Å². The van der Waals surface area contributed by atoms with Gasteiger partial charge in [0.05, 0.1) is 5.69 Å². The van der Waals surface area contributed by atoms with Gasteiger partial charge in [-0.2, -0.15) is 9.67 Å². The van der Waals surface area contributed by atoms with Gasteiger partial charge in [0, 0.05) is 13.1 Å². The third kappa shape index (κ3) is 2.42. The Hall–Kier alpha value is -2.20. The number of thiazole rings is 1. The van der Waals surface area contributed by atoms with Crippen LogP contribution in [0.2, 0.25) is 0 Å². The van der Waals surface area contributed by atoms with Gasteiger partial charge in [-0.1, -0.05) is 41.7 Å². The molecule has 3 aromatic rings. The molecule has 3 rings (SSSR count). The second kappa shape index (κ2) is 5.43. The van der Waals surface area contributed by atoms with Gasteiger partial charge in [-0.05, 0) is 18.2 Å². The molecule has 0 fully saturated rings. The molecule has 3 nitrogen and oxygen atoms in total. The number of hydrogen-bond acceptors (Lipinski definition) is 3. The minimum atomic E-state index is 1.08. The van der Waals surface area contributed by atoms with Gasteiger partial charge in [0.1, 0.15) is 18.0 Å². The largest absolute Gasteiger partial charge is 0.282 e. The van der Waals surface area contributed by atoms with Crippen LogP contribution in [0.5, 0.6) is 0 Å². The van der Waals surface area contributed by atoms with Crippen LogP contribution in [0.4, 0.5) is 5.69 Å². The molecule has 0 aliphatic carbocycles. The molecular weight excluding hydrogens is 266 g/mol. The first-order valence-corrected chi connectivity index (χ1v) is 7.27. The molecule has 0 unspecified atom stereocenters. The first kappa shape index (κ1) is 12.8. The number of benzene rings is 2. The predicted octanol–water partition coefficient (Wildman–Crippen LogP) is 3.20. The molecule has 0 spiro atoms. The monoisotopic (exact) mass is 282 g/mol. The lowest BCUT2D eigenvalue weighted by atomic mass is 10.3. The lowest BCUT2D eigenvalue weighted by Crippen LogP contribution is -2.30. The summed E-state index contributed by atoms with van der Waals surface area (Å²) in [6.07, 6.45) is 1.91. The fourth-order valence-electron chi connectivity index (χ4n) is 2.08. The molecule has 100 valence electrons. The molecule has 0 atom stereocenters. The molecule has 0 saturated carbocycles. The van der Waals surface area contributed by atoms with E-state index in [0.29, 0.717) is 0 Å². The minimum Gasteiger partial charge on any atom is -0.268 e. The molecule has 0 bridgehead atoms. The van der Waals surface area contributed by atoms with Gasteiger partial charge in [0.25, 0.3) is 5.01 Å². The van der Waals surface area contributed by atoms with Crippen LogP contribution in [0.3, 0.4) is 0 Å². The van der Waals surface area contributed by atoms with Gasteiger partial charge in [0.2, 0.25) is 5.52 Å². The number of hydrazone groups is 1. The van der Waals surface area contributed by atoms with E-state index in [9.17, 15) is 0 Å². The lowest BCUT2D eigenvalue weighted by Gasteiger charge is -2.11. The predicted molar refractivity (Wildman–Crippen MR) is 85.4 cm³/mol. The Morgan fingerprint density at radius 2 is 1.75 bits per heavy atom. The molecule has 2 aromatic carbocycles. The maximum Gasteiger partial charge on any atom is 0.282 e. The number of hydrogen-bond donors (Lipinski definition) is 0. The van der Waals surface area contributed by atoms with E-state index in [4.69, 9.17) is 0 Å². The van der Waals surface area contributed by atoms with Gasteiger partial charge in [-0.3, -0.25) is 5.01 Å². The normalized spacial score (nSPS) is 11.3. The minimum absolute atomic E-state index is 1.08. The molecule has 0 N–H and O–H groups in total. The van der Waals surface area contributed by atoms with E-state index in [0.717, 1.165) is 10.7 Å². The van der Waals surface area contributed by atoms with E-state index in [2.05, 4.69) is 41.0 Å². The van der Waals surface area contributed by atoms with E-state index < -0.39 is 0 Å². The zero-order valence-electron chi connectivity index (χ0n) is 11.5. The van der Waals surface area contributed by atoms with Crippen LogP contribution in [0, 0.1) is 0 Å². The second-order valence-corrected chi connectivity index (χ2v) is 5.63. The summed E-state index contributed by atoms with van der Waals surface area (Å²) < 4.78 is 3.45. The van der Waals surface area contributed by atoms with Crippen molar-refractivity contribution in [2.45, 2.75) is 0 Å². The van der Waals surface area contributed by atoms with Crippen molar-refractivity contribution in [2.75, 3.05) is 12.1 Å². The third-order valence-electron chi connectivity index (χ3n) is 3.24. The molecule has 0 radical (unpaired) electrons. The molecule has 0 saturated heterocycles. The molecule has 4 heteroatoms. The van der Waals surface area contributed by atoms with E-state index in [1.807, 2.05) is 48.6 Å². The fraction of sp³-hybridized carbons (Fsp3) is 0.125. The Morgan fingerprint density at radius 1 is 1.05 bits per heavy atom. The molecule has 0 amide bonds. The average Bonchev–Trinajstić information content (AvgIpc) is 2.83. The molecule has 1 heterocycles. The van der Waals surface area contributed by atoms with Crippen molar-refractivity contribution in [3.05, 3.63) is 59.6 Å². The van der Waals surface area contributed by atoms with Crippen LogP contribution in [-0.4, -0.2) is 13.3 Å². The SMILES string of the molecule is CN(/N=C\c1sc2ccccc2[n+]1C)c1ccccc1. The van der Waals surface area contributed by atoms with Crippen molar-refractivity contribution in [3.8, 4) is 0 Å². The lowest BCUT2D eigenvalue weighted by molar-refractivity contribution is -0.641. The molecular formula is C16H16N3S+. The van der Waals surface area contributed by atoms with Crippen LogP contribution < -0.4 is 9.58 Å². The van der Waals surface area contributed by atoms with Crippen molar-refractivity contribution in [1.29, 1.82) is 0 Å². The van der Waals surface area contributed by atoms with Crippen LogP contribution in [0.25, 0.3) is 10.2 Å². The number of anilines is 1. The summed E-state index contributed by atoms with van der Waals surface area (Å²) in [5.41, 5.74) is 2.31. The van der Waals surface area contributed by atoms with Crippen LogP contribution in [-0.2, 0) is 7.05 Å². The first-order chi connectivity index (χ1) is 9.75. The average molecular weight is 282 g/mol. The van der Waals surface area contributed by atoms with Crippen LogP contribution >= 0.6 is 11.3 Å². The standard InChI is InChI=1S/C16H16N3S/c1-18-14-10-6-7-11-15(14)20-16(18)12-17-19(2)13-8-4-3-5-9-13/h3-12H,1-2H3/q+1. The van der Waals surface area contributed by atoms with E-state index in [1.54, 1.807) is 11.3 Å². The summed E-state index contributed by atoms with van der Waals surface area (Å²) >= 11 is 1.75. The van der Waals surface area contributed by atoms with Crippen molar-refractivity contribution in [3.63, 3.8) is 0 Å². The summed E-state index contributed by atoms with van der Waals surface area (Å²) in [6.45, 7) is 0.